The minimum Gasteiger partial charge on any atom is -0.389 e. The van der Waals surface area contributed by atoms with Gasteiger partial charge in [0.05, 0.1) is 6.10 Å². The van der Waals surface area contributed by atoms with Gasteiger partial charge >= 0.3 is 0 Å². The van der Waals surface area contributed by atoms with E-state index in [1.54, 1.807) is 0 Å². The van der Waals surface area contributed by atoms with E-state index < -0.39 is 0 Å². The van der Waals surface area contributed by atoms with Gasteiger partial charge in [-0.25, -0.2) is 0 Å². The Labute approximate surface area is 75.5 Å². The van der Waals surface area contributed by atoms with Crippen LogP contribution in [0.15, 0.2) is 11.6 Å². The van der Waals surface area contributed by atoms with Gasteiger partial charge in [0.15, 0.2) is 0 Å². The minimum atomic E-state index is -0.173. The van der Waals surface area contributed by atoms with Crippen LogP contribution in [0.3, 0.4) is 0 Å². The number of allylic oxidation sites excluding steroid dienone is 1. The number of hydrogen-bond acceptors (Lipinski definition) is 1. The molecule has 1 aliphatic rings. The zero-order chi connectivity index (χ0) is 9.19. The summed E-state index contributed by atoms with van der Waals surface area (Å²) in [6, 6.07) is 0. The Balaban J connectivity index is 2.78. The predicted molar refractivity (Wildman–Crippen MR) is 52.0 cm³/mol. The fourth-order valence-corrected chi connectivity index (χ4v) is 1.79. The monoisotopic (exact) mass is 168 g/mol. The molecule has 0 spiro atoms. The minimum absolute atomic E-state index is 0.173. The zero-order valence-electron chi connectivity index (χ0n) is 8.43. The lowest BCUT2D eigenvalue weighted by Gasteiger charge is -2.32. The van der Waals surface area contributed by atoms with Gasteiger partial charge in [0.1, 0.15) is 0 Å². The third-order valence-corrected chi connectivity index (χ3v) is 3.07. The molecule has 70 valence electrons. The molecule has 0 fully saturated rings. The second-order valence-electron chi connectivity index (χ2n) is 4.34. The maximum atomic E-state index is 9.77. The maximum absolute atomic E-state index is 9.77. The number of hydrogen-bond donors (Lipinski definition) is 1. The molecule has 0 saturated carbocycles. The van der Waals surface area contributed by atoms with Crippen molar-refractivity contribution < 1.29 is 5.11 Å². The van der Waals surface area contributed by atoms with Crippen LogP contribution in [0, 0.1) is 5.41 Å². The number of rotatable bonds is 2. The molecular formula is C11H20O. The molecule has 0 aromatic carbocycles. The van der Waals surface area contributed by atoms with Crippen molar-refractivity contribution in [1.29, 1.82) is 0 Å². The van der Waals surface area contributed by atoms with Gasteiger partial charge in [-0.05, 0) is 36.7 Å². The fraction of sp³-hybridized carbons (Fsp3) is 0.818. The standard InChI is InChI=1S/C11H20O/c1-4-11(2,3)9-7-5-6-8-10(9)12/h7,10,12H,4-6,8H2,1-3H3. The highest BCUT2D eigenvalue weighted by Crippen LogP contribution is 2.36. The Morgan fingerprint density at radius 3 is 2.75 bits per heavy atom. The lowest BCUT2D eigenvalue weighted by molar-refractivity contribution is 0.160. The fourth-order valence-electron chi connectivity index (χ4n) is 1.79. The molecule has 0 radical (unpaired) electrons. The topological polar surface area (TPSA) is 20.2 Å². The van der Waals surface area contributed by atoms with E-state index in [4.69, 9.17) is 0 Å². The SMILES string of the molecule is CCC(C)(C)C1=CCCCC1O. The molecule has 1 heteroatoms. The summed E-state index contributed by atoms with van der Waals surface area (Å²) < 4.78 is 0. The lowest BCUT2D eigenvalue weighted by Crippen LogP contribution is -2.26. The quantitative estimate of drug-likeness (QED) is 0.629. The summed E-state index contributed by atoms with van der Waals surface area (Å²) in [6.45, 7) is 6.61. The van der Waals surface area contributed by atoms with E-state index in [1.807, 2.05) is 0 Å². The van der Waals surface area contributed by atoms with Crippen LogP contribution in [-0.4, -0.2) is 11.2 Å². The summed E-state index contributed by atoms with van der Waals surface area (Å²) >= 11 is 0. The van der Waals surface area contributed by atoms with Crippen molar-refractivity contribution in [2.45, 2.75) is 52.6 Å². The van der Waals surface area contributed by atoms with E-state index in [0.717, 1.165) is 25.7 Å². The average Bonchev–Trinajstić information content (AvgIpc) is 2.05. The van der Waals surface area contributed by atoms with E-state index in [-0.39, 0.29) is 11.5 Å². The average molecular weight is 168 g/mol. The molecule has 0 aliphatic heterocycles. The summed E-state index contributed by atoms with van der Waals surface area (Å²) in [5.74, 6) is 0. The first kappa shape index (κ1) is 9.79. The highest BCUT2D eigenvalue weighted by molar-refractivity contribution is 5.18. The van der Waals surface area contributed by atoms with Crippen molar-refractivity contribution in [3.05, 3.63) is 11.6 Å². The molecular weight excluding hydrogens is 148 g/mol. The van der Waals surface area contributed by atoms with Crippen LogP contribution < -0.4 is 0 Å². The van der Waals surface area contributed by atoms with Gasteiger partial charge in [-0.2, -0.15) is 0 Å². The molecule has 0 aromatic rings. The van der Waals surface area contributed by atoms with Crippen molar-refractivity contribution >= 4 is 0 Å². The Bertz CT molecular complexity index is 179. The summed E-state index contributed by atoms with van der Waals surface area (Å²) in [7, 11) is 0. The summed E-state index contributed by atoms with van der Waals surface area (Å²) in [5.41, 5.74) is 1.45. The molecule has 12 heavy (non-hydrogen) atoms. The molecule has 1 unspecified atom stereocenters. The summed E-state index contributed by atoms with van der Waals surface area (Å²) in [6.07, 6.45) is 6.41. The van der Waals surface area contributed by atoms with E-state index in [9.17, 15) is 5.11 Å². The van der Waals surface area contributed by atoms with E-state index in [1.165, 1.54) is 5.57 Å². The third-order valence-electron chi connectivity index (χ3n) is 3.07. The van der Waals surface area contributed by atoms with Crippen molar-refractivity contribution in [3.63, 3.8) is 0 Å². The molecule has 0 bridgehead atoms. The molecule has 1 rings (SSSR count). The van der Waals surface area contributed by atoms with Crippen LogP contribution in [0.1, 0.15) is 46.5 Å². The van der Waals surface area contributed by atoms with Crippen LogP contribution >= 0.6 is 0 Å². The highest BCUT2D eigenvalue weighted by Gasteiger charge is 2.27. The molecule has 1 N–H and O–H groups in total. The Morgan fingerprint density at radius 2 is 2.25 bits per heavy atom. The molecule has 1 nitrogen and oxygen atoms in total. The molecule has 0 saturated heterocycles. The predicted octanol–water partition coefficient (Wildman–Crippen LogP) is 2.89. The van der Waals surface area contributed by atoms with Gasteiger partial charge in [-0.3, -0.25) is 0 Å². The van der Waals surface area contributed by atoms with Gasteiger partial charge in [0.2, 0.25) is 0 Å². The van der Waals surface area contributed by atoms with E-state index >= 15 is 0 Å². The van der Waals surface area contributed by atoms with Crippen LogP contribution in [0.25, 0.3) is 0 Å². The van der Waals surface area contributed by atoms with Gasteiger partial charge in [0.25, 0.3) is 0 Å². The number of aliphatic hydroxyl groups excluding tert-OH is 1. The Kier molecular flexibility index (Phi) is 2.94. The van der Waals surface area contributed by atoms with Gasteiger partial charge in [-0.1, -0.05) is 26.8 Å². The zero-order valence-corrected chi connectivity index (χ0v) is 8.43. The second-order valence-corrected chi connectivity index (χ2v) is 4.34. The smallest absolute Gasteiger partial charge is 0.0755 e. The first-order valence-corrected chi connectivity index (χ1v) is 4.96. The third kappa shape index (κ3) is 1.89. The molecule has 0 amide bonds. The molecule has 1 aliphatic carbocycles. The van der Waals surface area contributed by atoms with Crippen molar-refractivity contribution in [2.24, 2.45) is 5.41 Å². The summed E-state index contributed by atoms with van der Waals surface area (Å²) in [4.78, 5) is 0. The Hall–Kier alpha value is -0.300. The van der Waals surface area contributed by atoms with Crippen molar-refractivity contribution in [3.8, 4) is 0 Å². The largest absolute Gasteiger partial charge is 0.389 e. The van der Waals surface area contributed by atoms with Crippen LogP contribution in [0.4, 0.5) is 0 Å². The van der Waals surface area contributed by atoms with Crippen LogP contribution in [-0.2, 0) is 0 Å². The Morgan fingerprint density at radius 1 is 1.58 bits per heavy atom. The van der Waals surface area contributed by atoms with Crippen LogP contribution in [0.5, 0.6) is 0 Å². The summed E-state index contributed by atoms with van der Waals surface area (Å²) in [5, 5.41) is 9.77. The van der Waals surface area contributed by atoms with Crippen molar-refractivity contribution in [2.75, 3.05) is 0 Å². The van der Waals surface area contributed by atoms with E-state index in [0.29, 0.717) is 0 Å². The normalized spacial score (nSPS) is 25.3. The molecule has 0 aromatic heterocycles. The first-order chi connectivity index (χ1) is 5.58. The van der Waals surface area contributed by atoms with Crippen LogP contribution in [0.2, 0.25) is 0 Å². The van der Waals surface area contributed by atoms with E-state index in [2.05, 4.69) is 26.8 Å². The lowest BCUT2D eigenvalue weighted by atomic mass is 9.75. The highest BCUT2D eigenvalue weighted by atomic mass is 16.3. The number of aliphatic hydroxyl groups is 1. The van der Waals surface area contributed by atoms with Gasteiger partial charge in [0, 0.05) is 0 Å². The van der Waals surface area contributed by atoms with Gasteiger partial charge in [-0.15, -0.1) is 0 Å². The van der Waals surface area contributed by atoms with Gasteiger partial charge < -0.3 is 5.11 Å². The second kappa shape index (κ2) is 3.61. The molecule has 0 heterocycles. The van der Waals surface area contributed by atoms with Crippen molar-refractivity contribution in [1.82, 2.24) is 0 Å². The molecule has 1 atom stereocenters. The first-order valence-electron chi connectivity index (χ1n) is 4.96. The maximum Gasteiger partial charge on any atom is 0.0755 e.